The lowest BCUT2D eigenvalue weighted by molar-refractivity contribution is -0.122. The van der Waals surface area contributed by atoms with Gasteiger partial charge in [0.05, 0.1) is 30.1 Å². The van der Waals surface area contributed by atoms with Gasteiger partial charge in [0.1, 0.15) is 11.8 Å². The summed E-state index contributed by atoms with van der Waals surface area (Å²) in [5.74, 6) is 0.145. The molecule has 2 amide bonds. The Hall–Kier alpha value is -3.02. The van der Waals surface area contributed by atoms with Gasteiger partial charge in [-0.25, -0.2) is 0 Å². The smallest absolute Gasteiger partial charge is 0.247 e. The van der Waals surface area contributed by atoms with Gasteiger partial charge in [-0.05, 0) is 56.2 Å². The molecule has 3 rings (SSSR count). The van der Waals surface area contributed by atoms with Crippen LogP contribution in [0.5, 0.6) is 5.75 Å². The van der Waals surface area contributed by atoms with Gasteiger partial charge in [0.15, 0.2) is 0 Å². The normalized spacial score (nSPS) is 15.5. The van der Waals surface area contributed by atoms with Crippen molar-refractivity contribution in [3.05, 3.63) is 47.5 Å². The minimum atomic E-state index is -0.621. The number of para-hydroxylation sites is 2. The number of carbonyl (C=O) groups excluding carboxylic acids is 2. The highest BCUT2D eigenvalue weighted by atomic mass is 16.5. The predicted octanol–water partition coefficient (Wildman–Crippen LogP) is 3.46. The lowest BCUT2D eigenvalue weighted by atomic mass is 10.0. The van der Waals surface area contributed by atoms with Crippen LogP contribution in [0.1, 0.15) is 24.5 Å². The molecule has 0 saturated carbocycles. The molecule has 0 fully saturated rings. The average Bonchev–Trinajstić information content (AvgIpc) is 2.59. The second-order valence-corrected chi connectivity index (χ2v) is 6.35. The fraction of sp³-hybridized carbons (Fsp3) is 0.300. The second kappa shape index (κ2) is 7.47. The van der Waals surface area contributed by atoms with Gasteiger partial charge in [-0.3, -0.25) is 9.59 Å². The molecule has 2 aromatic carbocycles. The topological polar surface area (TPSA) is 79.5 Å². The van der Waals surface area contributed by atoms with Gasteiger partial charge in [-0.1, -0.05) is 12.1 Å². The van der Waals surface area contributed by atoms with Crippen molar-refractivity contribution >= 4 is 28.9 Å². The van der Waals surface area contributed by atoms with Crippen LogP contribution < -0.4 is 20.7 Å². The first-order chi connectivity index (χ1) is 12.5. The third kappa shape index (κ3) is 3.79. The van der Waals surface area contributed by atoms with Gasteiger partial charge in [-0.2, -0.15) is 0 Å². The molecule has 1 atom stereocenters. The number of amides is 2. The van der Waals surface area contributed by atoms with E-state index in [9.17, 15) is 9.59 Å². The Bertz CT molecular complexity index is 848. The highest BCUT2D eigenvalue weighted by molar-refractivity contribution is 6.06. The fourth-order valence-corrected chi connectivity index (χ4v) is 2.89. The number of benzene rings is 2. The molecule has 2 aromatic rings. The number of anilines is 3. The summed E-state index contributed by atoms with van der Waals surface area (Å²) in [7, 11) is 0. The van der Waals surface area contributed by atoms with E-state index in [1.165, 1.54) is 0 Å². The first kappa shape index (κ1) is 17.8. The van der Waals surface area contributed by atoms with Crippen molar-refractivity contribution in [3.8, 4) is 5.75 Å². The van der Waals surface area contributed by atoms with E-state index in [4.69, 9.17) is 4.74 Å². The molecule has 3 N–H and O–H groups in total. The molecule has 1 aliphatic rings. The molecule has 0 saturated heterocycles. The lowest BCUT2D eigenvalue weighted by Gasteiger charge is -2.27. The molecule has 1 heterocycles. The van der Waals surface area contributed by atoms with Crippen molar-refractivity contribution in [3.63, 3.8) is 0 Å². The number of nitrogens with one attached hydrogen (secondary N) is 3. The fourth-order valence-electron chi connectivity index (χ4n) is 2.89. The first-order valence-electron chi connectivity index (χ1n) is 8.68. The van der Waals surface area contributed by atoms with Gasteiger partial charge < -0.3 is 20.7 Å². The molecule has 136 valence electrons. The van der Waals surface area contributed by atoms with Crippen molar-refractivity contribution in [2.75, 3.05) is 22.6 Å². The maximum Gasteiger partial charge on any atom is 0.247 e. The quantitative estimate of drug-likeness (QED) is 0.769. The molecule has 0 radical (unpaired) electrons. The molecule has 0 bridgehead atoms. The zero-order valence-corrected chi connectivity index (χ0v) is 15.2. The zero-order valence-electron chi connectivity index (χ0n) is 15.2. The van der Waals surface area contributed by atoms with Crippen LogP contribution in [-0.2, 0) is 9.59 Å². The molecule has 0 spiro atoms. The number of hydrogen-bond donors (Lipinski definition) is 3. The number of aryl methyl sites for hydroxylation is 2. The van der Waals surface area contributed by atoms with Crippen LogP contribution in [0.15, 0.2) is 36.4 Å². The van der Waals surface area contributed by atoms with Gasteiger partial charge in [0.2, 0.25) is 11.8 Å². The summed E-state index contributed by atoms with van der Waals surface area (Å²) in [4.78, 5) is 24.8. The van der Waals surface area contributed by atoms with Crippen molar-refractivity contribution in [1.82, 2.24) is 0 Å². The molecule has 0 aliphatic carbocycles. The van der Waals surface area contributed by atoms with E-state index in [2.05, 4.69) is 16.0 Å². The summed E-state index contributed by atoms with van der Waals surface area (Å²) in [5.41, 5.74) is 4.41. The lowest BCUT2D eigenvalue weighted by Crippen LogP contribution is -2.41. The van der Waals surface area contributed by atoms with Gasteiger partial charge in [0, 0.05) is 0 Å². The standard InChI is InChI=1S/C20H23N3O3/c1-4-26-18-8-6-5-7-14(18)22-19(24)11-17-20(25)23-16-10-13(3)12(2)9-15(16)21-17/h5-10,17,21H,4,11H2,1-3H3,(H,22,24)(H,23,25)/t17-/m1/s1. The Morgan fingerprint density at radius 3 is 2.58 bits per heavy atom. The molecule has 0 unspecified atom stereocenters. The summed E-state index contributed by atoms with van der Waals surface area (Å²) in [6, 6.07) is 10.5. The Balaban J connectivity index is 1.70. The first-order valence-corrected chi connectivity index (χ1v) is 8.68. The van der Waals surface area contributed by atoms with Crippen molar-refractivity contribution in [2.45, 2.75) is 33.2 Å². The molecule has 1 aliphatic heterocycles. The van der Waals surface area contributed by atoms with Gasteiger partial charge in [-0.15, -0.1) is 0 Å². The van der Waals surface area contributed by atoms with Crippen LogP contribution in [0.25, 0.3) is 0 Å². The molecular weight excluding hydrogens is 330 g/mol. The third-order valence-electron chi connectivity index (χ3n) is 4.39. The van der Waals surface area contributed by atoms with E-state index in [0.29, 0.717) is 18.0 Å². The highest BCUT2D eigenvalue weighted by Crippen LogP contribution is 2.31. The monoisotopic (exact) mass is 353 g/mol. The van der Waals surface area contributed by atoms with Crippen LogP contribution in [0, 0.1) is 13.8 Å². The second-order valence-electron chi connectivity index (χ2n) is 6.35. The zero-order chi connectivity index (χ0) is 18.7. The largest absolute Gasteiger partial charge is 0.492 e. The van der Waals surface area contributed by atoms with E-state index in [0.717, 1.165) is 22.5 Å². The third-order valence-corrected chi connectivity index (χ3v) is 4.39. The Morgan fingerprint density at radius 2 is 1.85 bits per heavy atom. The van der Waals surface area contributed by atoms with Gasteiger partial charge >= 0.3 is 0 Å². The van der Waals surface area contributed by atoms with E-state index < -0.39 is 6.04 Å². The van der Waals surface area contributed by atoms with E-state index in [1.54, 1.807) is 12.1 Å². The minimum Gasteiger partial charge on any atom is -0.492 e. The summed E-state index contributed by atoms with van der Waals surface area (Å²) in [5, 5.41) is 8.86. The number of fused-ring (bicyclic) bond motifs is 1. The van der Waals surface area contributed by atoms with Crippen LogP contribution in [0.3, 0.4) is 0 Å². The summed E-state index contributed by atoms with van der Waals surface area (Å²) >= 11 is 0. The Kier molecular flexibility index (Phi) is 5.11. The molecule has 0 aromatic heterocycles. The average molecular weight is 353 g/mol. The summed E-state index contributed by atoms with van der Waals surface area (Å²) in [6.45, 7) is 6.41. The summed E-state index contributed by atoms with van der Waals surface area (Å²) < 4.78 is 5.51. The van der Waals surface area contributed by atoms with Crippen LogP contribution >= 0.6 is 0 Å². The van der Waals surface area contributed by atoms with Crippen LogP contribution in [-0.4, -0.2) is 24.5 Å². The molecule has 6 nitrogen and oxygen atoms in total. The Morgan fingerprint density at radius 1 is 1.15 bits per heavy atom. The number of carbonyl (C=O) groups is 2. The molecule has 6 heteroatoms. The maximum absolute atomic E-state index is 12.4. The number of ether oxygens (including phenoxy) is 1. The van der Waals surface area contributed by atoms with Crippen LogP contribution in [0.4, 0.5) is 17.1 Å². The summed E-state index contributed by atoms with van der Waals surface area (Å²) in [6.07, 6.45) is 0.0264. The van der Waals surface area contributed by atoms with E-state index >= 15 is 0 Å². The predicted molar refractivity (Wildman–Crippen MR) is 103 cm³/mol. The van der Waals surface area contributed by atoms with Crippen molar-refractivity contribution in [2.24, 2.45) is 0 Å². The van der Waals surface area contributed by atoms with Crippen molar-refractivity contribution in [1.29, 1.82) is 0 Å². The van der Waals surface area contributed by atoms with Gasteiger partial charge in [0.25, 0.3) is 0 Å². The number of hydrogen-bond acceptors (Lipinski definition) is 4. The van der Waals surface area contributed by atoms with Crippen LogP contribution in [0.2, 0.25) is 0 Å². The van der Waals surface area contributed by atoms with E-state index in [-0.39, 0.29) is 18.2 Å². The Labute approximate surface area is 152 Å². The van der Waals surface area contributed by atoms with E-state index in [1.807, 2.05) is 45.0 Å². The SMILES string of the molecule is CCOc1ccccc1NC(=O)C[C@H]1Nc2cc(C)c(C)cc2NC1=O. The molecule has 26 heavy (non-hydrogen) atoms. The van der Waals surface area contributed by atoms with Crippen molar-refractivity contribution < 1.29 is 14.3 Å². The maximum atomic E-state index is 12.4. The highest BCUT2D eigenvalue weighted by Gasteiger charge is 2.28. The number of rotatable bonds is 5. The molecular formula is C20H23N3O3. The minimum absolute atomic E-state index is 0.0264.